The summed E-state index contributed by atoms with van der Waals surface area (Å²) in [5, 5.41) is 8.01. The highest BCUT2D eigenvalue weighted by Gasteiger charge is 2.07. The Morgan fingerprint density at radius 1 is 1.06 bits per heavy atom. The summed E-state index contributed by atoms with van der Waals surface area (Å²) in [6, 6.07) is 0. The molecule has 2 aromatic rings. The minimum absolute atomic E-state index is 0.134. The third-order valence-corrected chi connectivity index (χ3v) is 4.63. The summed E-state index contributed by atoms with van der Waals surface area (Å²) >= 11 is 4.59. The van der Waals surface area contributed by atoms with Gasteiger partial charge in [-0.1, -0.05) is 34.9 Å². The van der Waals surface area contributed by atoms with Gasteiger partial charge in [0.05, 0.1) is 5.75 Å². The van der Waals surface area contributed by atoms with E-state index in [2.05, 4.69) is 25.1 Å². The molecule has 0 unspecified atom stereocenters. The third kappa shape index (κ3) is 3.41. The van der Waals surface area contributed by atoms with Gasteiger partial charge < -0.3 is 11.5 Å². The Balaban J connectivity index is 2.01. The lowest BCUT2D eigenvalue weighted by atomic mass is 10.7. The fourth-order valence-electron chi connectivity index (χ4n) is 0.986. The topological polar surface area (TPSA) is 116 Å². The quantitative estimate of drug-likeness (QED) is 0.791. The Hall–Kier alpha value is -1.13. The van der Waals surface area contributed by atoms with Crippen LogP contribution < -0.4 is 11.5 Å². The molecule has 4 N–H and O–H groups in total. The van der Waals surface area contributed by atoms with Crippen LogP contribution >= 0.6 is 34.9 Å². The van der Waals surface area contributed by atoms with Gasteiger partial charge in [0, 0.05) is 0 Å². The minimum atomic E-state index is 0.134. The molecule has 2 aromatic heterocycles. The van der Waals surface area contributed by atoms with E-state index in [1.165, 1.54) is 23.1 Å². The normalized spacial score (nSPS) is 10.6. The molecule has 17 heavy (non-hydrogen) atoms. The maximum absolute atomic E-state index is 5.47. The van der Waals surface area contributed by atoms with Gasteiger partial charge in [-0.25, -0.2) is 0 Å². The number of aromatic nitrogens is 5. The summed E-state index contributed by atoms with van der Waals surface area (Å²) in [5.41, 5.74) is 10.9. The second kappa shape index (κ2) is 5.47. The van der Waals surface area contributed by atoms with Gasteiger partial charge in [-0.05, 0) is 6.26 Å². The van der Waals surface area contributed by atoms with E-state index in [0.717, 1.165) is 8.68 Å². The third-order valence-electron chi connectivity index (χ3n) is 1.60. The predicted octanol–water partition coefficient (Wildman–Crippen LogP) is 0.902. The molecule has 0 spiro atoms. The van der Waals surface area contributed by atoms with E-state index in [-0.39, 0.29) is 11.9 Å². The van der Waals surface area contributed by atoms with Crippen LogP contribution in [-0.4, -0.2) is 31.4 Å². The second-order valence-corrected chi connectivity index (χ2v) is 6.05. The number of hydrogen-bond donors (Lipinski definition) is 2. The number of thioether (sulfide) groups is 2. The molecule has 0 amide bonds. The summed E-state index contributed by atoms with van der Waals surface area (Å²) in [6.07, 6.45) is 1.96. The summed E-state index contributed by atoms with van der Waals surface area (Å²) in [4.78, 5) is 11.7. The van der Waals surface area contributed by atoms with E-state index < -0.39 is 0 Å². The van der Waals surface area contributed by atoms with Crippen LogP contribution in [0.2, 0.25) is 0 Å². The molecule has 0 aliphatic rings. The predicted molar refractivity (Wildman–Crippen MR) is 69.9 cm³/mol. The summed E-state index contributed by atoms with van der Waals surface area (Å²) in [5.74, 6) is 1.35. The van der Waals surface area contributed by atoms with Gasteiger partial charge in [-0.3, -0.25) is 0 Å². The van der Waals surface area contributed by atoms with E-state index >= 15 is 0 Å². The minimum Gasteiger partial charge on any atom is -0.368 e. The van der Waals surface area contributed by atoms with Crippen LogP contribution in [0.4, 0.5) is 11.9 Å². The van der Waals surface area contributed by atoms with Crippen LogP contribution in [0.3, 0.4) is 0 Å². The standard InChI is InChI=1S/C7H9N7S3/c1-15-6-13-14-7(17-6)16-2-3-10-4(8)12-5(9)11-3/h2H2,1H3,(H4,8,9,10,11,12). The van der Waals surface area contributed by atoms with Crippen molar-refractivity contribution in [3.05, 3.63) is 5.82 Å². The molecule has 0 radical (unpaired) electrons. The molecule has 0 saturated heterocycles. The van der Waals surface area contributed by atoms with E-state index in [4.69, 9.17) is 11.5 Å². The lowest BCUT2D eigenvalue weighted by molar-refractivity contribution is 0.950. The van der Waals surface area contributed by atoms with Crippen LogP contribution in [0, 0.1) is 0 Å². The first-order valence-corrected chi connectivity index (χ1v) is 7.46. The fraction of sp³-hybridized carbons (Fsp3) is 0.286. The lowest BCUT2D eigenvalue weighted by Crippen LogP contribution is -2.05. The zero-order chi connectivity index (χ0) is 12.3. The maximum atomic E-state index is 5.47. The maximum Gasteiger partial charge on any atom is 0.225 e. The number of hydrogen-bond acceptors (Lipinski definition) is 10. The number of anilines is 2. The first-order chi connectivity index (χ1) is 8.17. The Morgan fingerprint density at radius 3 is 2.29 bits per heavy atom. The van der Waals surface area contributed by atoms with Crippen molar-refractivity contribution in [2.45, 2.75) is 14.4 Å². The molecule has 2 rings (SSSR count). The van der Waals surface area contributed by atoms with Gasteiger partial charge in [-0.2, -0.15) is 15.0 Å². The molecular weight excluding hydrogens is 278 g/mol. The van der Waals surface area contributed by atoms with Crippen molar-refractivity contribution >= 4 is 46.8 Å². The SMILES string of the molecule is CSc1nnc(SCc2nc(N)nc(N)n2)s1. The number of nitrogens with zero attached hydrogens (tertiary/aromatic N) is 5. The molecule has 7 nitrogen and oxygen atoms in total. The molecule has 2 heterocycles. The van der Waals surface area contributed by atoms with Gasteiger partial charge in [-0.15, -0.1) is 10.2 Å². The molecule has 0 aromatic carbocycles. The largest absolute Gasteiger partial charge is 0.368 e. The van der Waals surface area contributed by atoms with Crippen LogP contribution in [0.25, 0.3) is 0 Å². The van der Waals surface area contributed by atoms with Crippen molar-refractivity contribution < 1.29 is 0 Å². The highest BCUT2D eigenvalue weighted by molar-refractivity contribution is 8.02. The number of nitrogen functional groups attached to an aromatic ring is 2. The van der Waals surface area contributed by atoms with Crippen LogP contribution in [0.5, 0.6) is 0 Å². The lowest BCUT2D eigenvalue weighted by Gasteiger charge is -1.99. The zero-order valence-electron chi connectivity index (χ0n) is 8.82. The van der Waals surface area contributed by atoms with E-state index in [1.54, 1.807) is 11.8 Å². The van der Waals surface area contributed by atoms with Crippen LogP contribution in [0.15, 0.2) is 8.68 Å². The fourth-order valence-corrected chi connectivity index (χ4v) is 3.28. The van der Waals surface area contributed by atoms with Crippen LogP contribution in [-0.2, 0) is 5.75 Å². The van der Waals surface area contributed by atoms with Gasteiger partial charge >= 0.3 is 0 Å². The Bertz CT molecular complexity index is 494. The first-order valence-electron chi connectivity index (χ1n) is 4.43. The second-order valence-electron chi connectivity index (χ2n) is 2.79. The highest BCUT2D eigenvalue weighted by atomic mass is 32.2. The summed E-state index contributed by atoms with van der Waals surface area (Å²) in [6.45, 7) is 0. The number of nitrogens with two attached hydrogens (primary N) is 2. The van der Waals surface area contributed by atoms with Gasteiger partial charge in [0.15, 0.2) is 8.68 Å². The molecule has 0 bridgehead atoms. The molecule has 0 saturated carbocycles. The molecule has 0 aliphatic heterocycles. The Kier molecular flexibility index (Phi) is 3.97. The monoisotopic (exact) mass is 287 g/mol. The van der Waals surface area contributed by atoms with Crippen molar-refractivity contribution in [2.24, 2.45) is 0 Å². The van der Waals surface area contributed by atoms with Crippen LogP contribution in [0.1, 0.15) is 5.82 Å². The van der Waals surface area contributed by atoms with Crippen molar-refractivity contribution in [1.29, 1.82) is 0 Å². The van der Waals surface area contributed by atoms with E-state index in [1.807, 2.05) is 6.26 Å². The first kappa shape index (κ1) is 12.3. The molecule has 10 heteroatoms. The highest BCUT2D eigenvalue weighted by Crippen LogP contribution is 2.28. The van der Waals surface area contributed by atoms with Crippen molar-refractivity contribution in [3.8, 4) is 0 Å². The number of rotatable bonds is 4. The van der Waals surface area contributed by atoms with Crippen molar-refractivity contribution in [3.63, 3.8) is 0 Å². The molecule has 90 valence electrons. The Labute approximate surface area is 110 Å². The van der Waals surface area contributed by atoms with E-state index in [0.29, 0.717) is 11.6 Å². The molecular formula is C7H9N7S3. The smallest absolute Gasteiger partial charge is 0.225 e. The van der Waals surface area contributed by atoms with Gasteiger partial charge in [0.1, 0.15) is 5.82 Å². The molecule has 0 atom stereocenters. The average Bonchev–Trinajstić information content (AvgIpc) is 2.73. The molecule has 0 fully saturated rings. The summed E-state index contributed by atoms with van der Waals surface area (Å²) < 4.78 is 1.80. The van der Waals surface area contributed by atoms with Gasteiger partial charge in [0.25, 0.3) is 0 Å². The zero-order valence-corrected chi connectivity index (χ0v) is 11.3. The Morgan fingerprint density at radius 2 is 1.71 bits per heavy atom. The van der Waals surface area contributed by atoms with Crippen molar-refractivity contribution in [2.75, 3.05) is 17.7 Å². The average molecular weight is 287 g/mol. The molecule has 0 aliphatic carbocycles. The van der Waals surface area contributed by atoms with Gasteiger partial charge in [0.2, 0.25) is 11.9 Å². The summed E-state index contributed by atoms with van der Waals surface area (Å²) in [7, 11) is 0. The van der Waals surface area contributed by atoms with E-state index in [9.17, 15) is 0 Å². The van der Waals surface area contributed by atoms with Crippen molar-refractivity contribution in [1.82, 2.24) is 25.1 Å².